The second-order valence-electron chi connectivity index (χ2n) is 7.53. The van der Waals surface area contributed by atoms with Gasteiger partial charge in [-0.3, -0.25) is 0 Å². The fourth-order valence-electron chi connectivity index (χ4n) is 3.61. The van der Waals surface area contributed by atoms with Crippen molar-refractivity contribution < 1.29 is 0 Å². The van der Waals surface area contributed by atoms with E-state index >= 15 is 0 Å². The SMILES string of the molecule is CCCCC1=NC(C2CC2)=N[N+]1(C)c1ccc(-c2ccccc2C#N)cc1. The molecule has 0 saturated heterocycles. The highest BCUT2D eigenvalue weighted by atomic mass is 15.7. The Balaban J connectivity index is 1.68. The van der Waals surface area contributed by atoms with Gasteiger partial charge in [-0.2, -0.15) is 10.3 Å². The predicted octanol–water partition coefficient (Wildman–Crippen LogP) is 5.49. The summed E-state index contributed by atoms with van der Waals surface area (Å²) in [5.41, 5.74) is 3.85. The van der Waals surface area contributed by atoms with Crippen molar-refractivity contribution in [1.29, 1.82) is 5.26 Å². The second-order valence-corrected chi connectivity index (χ2v) is 7.53. The smallest absolute Gasteiger partial charge is 0.192 e. The van der Waals surface area contributed by atoms with E-state index in [1.54, 1.807) is 0 Å². The number of nitriles is 1. The lowest BCUT2D eigenvalue weighted by Crippen LogP contribution is -2.43. The van der Waals surface area contributed by atoms with E-state index in [1.165, 1.54) is 12.8 Å². The molecule has 1 aliphatic heterocycles. The fraction of sp³-hybridized carbons (Fsp3) is 0.348. The van der Waals surface area contributed by atoms with Crippen molar-refractivity contribution in [2.24, 2.45) is 16.0 Å². The maximum Gasteiger partial charge on any atom is 0.236 e. The Morgan fingerprint density at radius 3 is 2.52 bits per heavy atom. The third-order valence-electron chi connectivity index (χ3n) is 5.47. The lowest BCUT2D eigenvalue weighted by atomic mass is 10.00. The zero-order chi connectivity index (χ0) is 18.9. The van der Waals surface area contributed by atoms with Crippen LogP contribution in [0.2, 0.25) is 0 Å². The van der Waals surface area contributed by atoms with Crippen LogP contribution in [0.3, 0.4) is 0 Å². The number of rotatable bonds is 6. The first kappa shape index (κ1) is 17.6. The quantitative estimate of drug-likeness (QED) is 0.631. The van der Waals surface area contributed by atoms with Gasteiger partial charge in [0, 0.05) is 24.5 Å². The van der Waals surface area contributed by atoms with Gasteiger partial charge in [-0.1, -0.05) is 36.6 Å². The molecule has 2 aliphatic rings. The van der Waals surface area contributed by atoms with Gasteiger partial charge in [-0.25, -0.2) is 0 Å². The molecule has 27 heavy (non-hydrogen) atoms. The molecule has 4 nitrogen and oxygen atoms in total. The standard InChI is InChI=1S/C23H25N4/c1-3-4-9-22-25-23(18-10-11-18)26-27(22,2)20-14-12-17(13-15-20)21-8-6-5-7-19(21)16-24/h5-8,12-15,18H,3-4,9-11H2,1-2H3/q+1. The summed E-state index contributed by atoms with van der Waals surface area (Å²) >= 11 is 0. The fourth-order valence-corrected chi connectivity index (χ4v) is 3.61. The lowest BCUT2D eigenvalue weighted by molar-refractivity contribution is 0.518. The van der Waals surface area contributed by atoms with Crippen molar-refractivity contribution in [2.75, 3.05) is 7.05 Å². The number of benzene rings is 2. The summed E-state index contributed by atoms with van der Waals surface area (Å²) in [4.78, 5) is 4.92. The summed E-state index contributed by atoms with van der Waals surface area (Å²) in [6.07, 6.45) is 5.70. The van der Waals surface area contributed by atoms with Crippen LogP contribution in [-0.2, 0) is 0 Å². The molecule has 0 amide bonds. The van der Waals surface area contributed by atoms with Crippen molar-refractivity contribution in [3.8, 4) is 17.2 Å². The molecule has 1 aliphatic carbocycles. The molecule has 4 heteroatoms. The van der Waals surface area contributed by atoms with Crippen LogP contribution >= 0.6 is 0 Å². The third kappa shape index (κ3) is 3.31. The molecule has 0 bridgehead atoms. The molecule has 1 fully saturated rings. The number of unbranched alkanes of at least 4 members (excludes halogenated alkanes) is 1. The van der Waals surface area contributed by atoms with Gasteiger partial charge < -0.3 is 0 Å². The van der Waals surface area contributed by atoms with E-state index in [1.807, 2.05) is 24.3 Å². The van der Waals surface area contributed by atoms with Crippen molar-refractivity contribution in [2.45, 2.75) is 39.0 Å². The van der Waals surface area contributed by atoms with E-state index < -0.39 is 0 Å². The van der Waals surface area contributed by atoms with Crippen LogP contribution in [0.25, 0.3) is 11.1 Å². The zero-order valence-corrected chi connectivity index (χ0v) is 16.0. The first-order chi connectivity index (χ1) is 13.2. The molecule has 2 aromatic carbocycles. The van der Waals surface area contributed by atoms with Crippen LogP contribution in [0, 0.1) is 17.2 Å². The summed E-state index contributed by atoms with van der Waals surface area (Å²) in [5.74, 6) is 2.73. The van der Waals surface area contributed by atoms with Crippen LogP contribution in [0.15, 0.2) is 58.6 Å². The number of hydrogen-bond donors (Lipinski definition) is 0. The monoisotopic (exact) mass is 357 g/mol. The van der Waals surface area contributed by atoms with Gasteiger partial charge in [0.25, 0.3) is 0 Å². The lowest BCUT2D eigenvalue weighted by Gasteiger charge is -2.24. The Labute approximate surface area is 161 Å². The van der Waals surface area contributed by atoms with Crippen molar-refractivity contribution in [3.63, 3.8) is 0 Å². The van der Waals surface area contributed by atoms with Gasteiger partial charge in [0.15, 0.2) is 11.5 Å². The molecule has 0 radical (unpaired) electrons. The van der Waals surface area contributed by atoms with Gasteiger partial charge in [0.2, 0.25) is 5.84 Å². The van der Waals surface area contributed by atoms with E-state index in [0.717, 1.165) is 47.7 Å². The Morgan fingerprint density at radius 2 is 1.85 bits per heavy atom. The van der Waals surface area contributed by atoms with Crippen LogP contribution in [0.5, 0.6) is 0 Å². The summed E-state index contributed by atoms with van der Waals surface area (Å²) in [7, 11) is 2.14. The summed E-state index contributed by atoms with van der Waals surface area (Å²) in [5, 5.41) is 14.4. The normalized spacial score (nSPS) is 21.5. The van der Waals surface area contributed by atoms with Gasteiger partial charge >= 0.3 is 0 Å². The maximum absolute atomic E-state index is 9.37. The molecule has 1 heterocycles. The van der Waals surface area contributed by atoms with Crippen LogP contribution < -0.4 is 4.59 Å². The van der Waals surface area contributed by atoms with E-state index in [-0.39, 0.29) is 0 Å². The molecular formula is C23H25N4+. The zero-order valence-electron chi connectivity index (χ0n) is 16.0. The average molecular weight is 357 g/mol. The van der Waals surface area contributed by atoms with Gasteiger partial charge in [-0.05, 0) is 48.6 Å². The molecule has 1 atom stereocenters. The first-order valence-corrected chi connectivity index (χ1v) is 9.80. The number of amidine groups is 2. The molecule has 136 valence electrons. The highest BCUT2D eigenvalue weighted by Crippen LogP contribution is 2.38. The number of quaternary nitrogens is 1. The number of aliphatic imine (C=N–C) groups is 1. The Bertz CT molecular complexity index is 945. The van der Waals surface area contributed by atoms with Crippen LogP contribution in [0.4, 0.5) is 5.69 Å². The van der Waals surface area contributed by atoms with Gasteiger partial charge in [-0.15, -0.1) is 4.59 Å². The predicted molar refractivity (Wildman–Crippen MR) is 111 cm³/mol. The molecule has 0 aromatic heterocycles. The van der Waals surface area contributed by atoms with Crippen molar-refractivity contribution in [3.05, 3.63) is 54.1 Å². The average Bonchev–Trinajstić information content (AvgIpc) is 3.50. The number of hydrogen-bond acceptors (Lipinski definition) is 3. The van der Waals surface area contributed by atoms with Gasteiger partial charge in [0.05, 0.1) is 11.6 Å². The third-order valence-corrected chi connectivity index (χ3v) is 5.47. The van der Waals surface area contributed by atoms with Crippen LogP contribution in [0.1, 0.15) is 44.6 Å². The van der Waals surface area contributed by atoms with E-state index in [4.69, 9.17) is 10.1 Å². The molecule has 0 spiro atoms. The Kier molecular flexibility index (Phi) is 4.63. The molecule has 1 saturated carbocycles. The maximum atomic E-state index is 9.37. The molecule has 4 rings (SSSR count). The number of nitrogens with zero attached hydrogens (tertiary/aromatic N) is 4. The Morgan fingerprint density at radius 1 is 1.11 bits per heavy atom. The van der Waals surface area contributed by atoms with Crippen LogP contribution in [-0.4, -0.2) is 18.7 Å². The van der Waals surface area contributed by atoms with E-state index in [2.05, 4.69) is 44.3 Å². The minimum Gasteiger partial charge on any atom is -0.192 e. The first-order valence-electron chi connectivity index (χ1n) is 9.80. The largest absolute Gasteiger partial charge is 0.236 e. The Hall–Kier alpha value is -2.77. The van der Waals surface area contributed by atoms with Gasteiger partial charge in [0.1, 0.15) is 7.05 Å². The second kappa shape index (κ2) is 7.09. The van der Waals surface area contributed by atoms with E-state index in [9.17, 15) is 5.26 Å². The topological polar surface area (TPSA) is 48.5 Å². The highest BCUT2D eigenvalue weighted by Gasteiger charge is 2.42. The highest BCUT2D eigenvalue weighted by molar-refractivity contribution is 6.08. The van der Waals surface area contributed by atoms with Crippen molar-refractivity contribution >= 4 is 17.4 Å². The molecular weight excluding hydrogens is 332 g/mol. The van der Waals surface area contributed by atoms with Crippen molar-refractivity contribution in [1.82, 2.24) is 4.59 Å². The summed E-state index contributed by atoms with van der Waals surface area (Å²) < 4.78 is 0.437. The summed E-state index contributed by atoms with van der Waals surface area (Å²) in [6.45, 7) is 2.21. The minimum absolute atomic E-state index is 0.437. The molecule has 1 unspecified atom stereocenters. The summed E-state index contributed by atoms with van der Waals surface area (Å²) in [6, 6.07) is 18.5. The molecule has 2 aromatic rings. The van der Waals surface area contributed by atoms with E-state index in [0.29, 0.717) is 16.1 Å². The minimum atomic E-state index is 0.437. The molecule has 0 N–H and O–H groups in total.